The summed E-state index contributed by atoms with van der Waals surface area (Å²) in [6.45, 7) is 2.48. The summed E-state index contributed by atoms with van der Waals surface area (Å²) in [6, 6.07) is 6.81. The van der Waals surface area contributed by atoms with Gasteiger partial charge in [-0.1, -0.05) is 0 Å². The minimum atomic E-state index is 0.200. The number of aromatic hydroxyl groups is 1. The quantitative estimate of drug-likeness (QED) is 0.878. The molecule has 3 rings (SSSR count). The van der Waals surface area contributed by atoms with Crippen LogP contribution in [0.3, 0.4) is 0 Å². The molecule has 1 aromatic rings. The maximum Gasteiger partial charge on any atom is 0.160 e. The van der Waals surface area contributed by atoms with Crippen molar-refractivity contribution in [3.8, 4) is 11.5 Å². The van der Waals surface area contributed by atoms with Crippen molar-refractivity contribution in [1.29, 1.82) is 0 Å². The van der Waals surface area contributed by atoms with E-state index in [0.717, 1.165) is 11.7 Å². The van der Waals surface area contributed by atoms with Crippen LogP contribution in [-0.2, 0) is 0 Å². The molecule has 2 aliphatic heterocycles. The number of hydrogen-bond acceptors (Lipinski definition) is 4. The Morgan fingerprint density at radius 1 is 1.32 bits per heavy atom. The molecule has 1 aromatic carbocycles. The Kier molecular flexibility index (Phi) is 3.51. The Labute approximate surface area is 114 Å². The predicted molar refractivity (Wildman–Crippen MR) is 75.9 cm³/mol. The zero-order valence-electron chi connectivity index (χ0n) is 11.4. The number of benzene rings is 1. The van der Waals surface area contributed by atoms with Crippen molar-refractivity contribution in [1.82, 2.24) is 4.90 Å². The van der Waals surface area contributed by atoms with Gasteiger partial charge in [-0.25, -0.2) is 0 Å². The fourth-order valence-electron chi connectivity index (χ4n) is 3.37. The molecule has 2 fully saturated rings. The van der Waals surface area contributed by atoms with Crippen molar-refractivity contribution in [3.63, 3.8) is 0 Å². The second-order valence-electron chi connectivity index (χ2n) is 5.58. The summed E-state index contributed by atoms with van der Waals surface area (Å²) in [4.78, 5) is 2.61. The lowest BCUT2D eigenvalue weighted by Crippen LogP contribution is -2.42. The molecule has 0 amide bonds. The van der Waals surface area contributed by atoms with Gasteiger partial charge in [-0.05, 0) is 44.4 Å². The fourth-order valence-corrected chi connectivity index (χ4v) is 3.37. The first-order chi connectivity index (χ1) is 9.26. The van der Waals surface area contributed by atoms with Crippen molar-refractivity contribution in [3.05, 3.63) is 18.2 Å². The SMILES string of the molecule is COc1ccc(NC2CCN3CCCC3C2)cc1O. The normalized spacial score (nSPS) is 27.0. The number of hydrogen-bond donors (Lipinski definition) is 2. The first-order valence-corrected chi connectivity index (χ1v) is 7.14. The Hall–Kier alpha value is -1.42. The smallest absolute Gasteiger partial charge is 0.160 e. The van der Waals surface area contributed by atoms with Crippen LogP contribution in [0.5, 0.6) is 11.5 Å². The van der Waals surface area contributed by atoms with Gasteiger partial charge in [-0.2, -0.15) is 0 Å². The maximum atomic E-state index is 9.80. The number of phenolic OH excluding ortho intramolecular Hbond substituents is 1. The number of nitrogens with zero attached hydrogens (tertiary/aromatic N) is 1. The molecule has 0 bridgehead atoms. The molecule has 0 spiro atoms. The highest BCUT2D eigenvalue weighted by Gasteiger charge is 2.31. The number of rotatable bonds is 3. The molecule has 2 N–H and O–H groups in total. The van der Waals surface area contributed by atoms with Crippen molar-refractivity contribution in [2.24, 2.45) is 0 Å². The monoisotopic (exact) mass is 262 g/mol. The number of anilines is 1. The summed E-state index contributed by atoms with van der Waals surface area (Å²) in [5.41, 5.74) is 0.981. The van der Waals surface area contributed by atoms with Gasteiger partial charge in [0.15, 0.2) is 11.5 Å². The topological polar surface area (TPSA) is 44.7 Å². The number of methoxy groups -OCH3 is 1. The van der Waals surface area contributed by atoms with Crippen LogP contribution in [0.15, 0.2) is 18.2 Å². The highest BCUT2D eigenvalue weighted by Crippen LogP contribution is 2.31. The molecule has 0 radical (unpaired) electrons. The first-order valence-electron chi connectivity index (χ1n) is 7.14. The molecular formula is C15H22N2O2. The van der Waals surface area contributed by atoms with Gasteiger partial charge in [0.05, 0.1) is 7.11 Å². The van der Waals surface area contributed by atoms with Gasteiger partial charge < -0.3 is 20.1 Å². The second kappa shape index (κ2) is 5.29. The second-order valence-corrected chi connectivity index (χ2v) is 5.58. The number of ether oxygens (including phenoxy) is 1. The van der Waals surface area contributed by atoms with Gasteiger partial charge in [0.1, 0.15) is 0 Å². The minimum absolute atomic E-state index is 0.200. The lowest BCUT2D eigenvalue weighted by molar-refractivity contribution is 0.188. The van der Waals surface area contributed by atoms with Crippen molar-refractivity contribution in [2.75, 3.05) is 25.5 Å². The van der Waals surface area contributed by atoms with E-state index < -0.39 is 0 Å². The molecule has 0 aromatic heterocycles. The van der Waals surface area contributed by atoms with Crippen LogP contribution in [0.4, 0.5) is 5.69 Å². The van der Waals surface area contributed by atoms with Gasteiger partial charge in [0.25, 0.3) is 0 Å². The molecule has 2 atom stereocenters. The molecule has 2 heterocycles. The van der Waals surface area contributed by atoms with Gasteiger partial charge in [-0.3, -0.25) is 0 Å². The average Bonchev–Trinajstić information content (AvgIpc) is 2.86. The van der Waals surface area contributed by atoms with Crippen LogP contribution in [0, 0.1) is 0 Å². The van der Waals surface area contributed by atoms with Gasteiger partial charge >= 0.3 is 0 Å². The number of phenols is 1. The number of fused-ring (bicyclic) bond motifs is 1. The molecule has 4 nitrogen and oxygen atoms in total. The summed E-state index contributed by atoms with van der Waals surface area (Å²) in [7, 11) is 1.57. The Morgan fingerprint density at radius 3 is 3.00 bits per heavy atom. The number of nitrogens with one attached hydrogen (secondary N) is 1. The Bertz CT molecular complexity index is 450. The summed E-state index contributed by atoms with van der Waals surface area (Å²) >= 11 is 0. The van der Waals surface area contributed by atoms with Gasteiger partial charge in [0, 0.05) is 30.4 Å². The summed E-state index contributed by atoms with van der Waals surface area (Å²) in [5.74, 6) is 0.724. The molecule has 2 unspecified atom stereocenters. The molecule has 0 aliphatic carbocycles. The van der Waals surface area contributed by atoms with Gasteiger partial charge in [-0.15, -0.1) is 0 Å². The van der Waals surface area contributed by atoms with Crippen LogP contribution in [0.2, 0.25) is 0 Å². The van der Waals surface area contributed by atoms with E-state index in [1.165, 1.54) is 38.8 Å². The molecule has 0 saturated carbocycles. The third-order valence-corrected chi connectivity index (χ3v) is 4.37. The third-order valence-electron chi connectivity index (χ3n) is 4.37. The van der Waals surface area contributed by atoms with Crippen molar-refractivity contribution in [2.45, 2.75) is 37.8 Å². The highest BCUT2D eigenvalue weighted by molar-refractivity contribution is 5.54. The van der Waals surface area contributed by atoms with Gasteiger partial charge in [0.2, 0.25) is 0 Å². The molecule has 19 heavy (non-hydrogen) atoms. The maximum absolute atomic E-state index is 9.80. The molecule has 2 saturated heterocycles. The van der Waals surface area contributed by atoms with Crippen molar-refractivity contribution >= 4 is 5.69 Å². The van der Waals surface area contributed by atoms with Crippen molar-refractivity contribution < 1.29 is 9.84 Å². The third kappa shape index (κ3) is 2.63. The van der Waals surface area contributed by atoms with Crippen LogP contribution in [0.1, 0.15) is 25.7 Å². The summed E-state index contributed by atoms with van der Waals surface area (Å²) in [5, 5.41) is 13.3. The zero-order chi connectivity index (χ0) is 13.2. The van der Waals surface area contributed by atoms with E-state index in [-0.39, 0.29) is 5.75 Å². The number of piperidine rings is 1. The van der Waals surface area contributed by atoms with Crippen LogP contribution >= 0.6 is 0 Å². The van der Waals surface area contributed by atoms with E-state index in [1.807, 2.05) is 12.1 Å². The van der Waals surface area contributed by atoms with Crippen LogP contribution < -0.4 is 10.1 Å². The summed E-state index contributed by atoms with van der Waals surface area (Å²) < 4.78 is 5.06. The lowest BCUT2D eigenvalue weighted by atomic mass is 9.97. The summed E-state index contributed by atoms with van der Waals surface area (Å²) in [6.07, 6.45) is 5.09. The van der Waals surface area contributed by atoms with E-state index in [2.05, 4.69) is 10.2 Å². The minimum Gasteiger partial charge on any atom is -0.504 e. The first kappa shape index (κ1) is 12.6. The standard InChI is InChI=1S/C15H22N2O2/c1-19-15-5-4-11(10-14(15)18)16-12-6-8-17-7-2-3-13(17)9-12/h4-5,10,12-13,16,18H,2-3,6-9H2,1H3. The van der Waals surface area contributed by atoms with Crippen LogP contribution in [-0.4, -0.2) is 42.3 Å². The Morgan fingerprint density at radius 2 is 2.21 bits per heavy atom. The largest absolute Gasteiger partial charge is 0.504 e. The lowest BCUT2D eigenvalue weighted by Gasteiger charge is -2.35. The highest BCUT2D eigenvalue weighted by atomic mass is 16.5. The van der Waals surface area contributed by atoms with E-state index >= 15 is 0 Å². The van der Waals surface area contributed by atoms with E-state index in [0.29, 0.717) is 11.8 Å². The average molecular weight is 262 g/mol. The molecular weight excluding hydrogens is 240 g/mol. The molecule has 104 valence electrons. The van der Waals surface area contributed by atoms with E-state index in [4.69, 9.17) is 4.74 Å². The Balaban J connectivity index is 1.63. The molecule has 4 heteroatoms. The predicted octanol–water partition coefficient (Wildman–Crippen LogP) is 2.44. The fraction of sp³-hybridized carbons (Fsp3) is 0.600. The van der Waals surface area contributed by atoms with E-state index in [1.54, 1.807) is 13.2 Å². The zero-order valence-corrected chi connectivity index (χ0v) is 11.4. The van der Waals surface area contributed by atoms with E-state index in [9.17, 15) is 5.11 Å². The van der Waals surface area contributed by atoms with Crippen LogP contribution in [0.25, 0.3) is 0 Å². The molecule has 2 aliphatic rings.